The van der Waals surface area contributed by atoms with Crippen molar-refractivity contribution in [3.05, 3.63) is 41.2 Å². The summed E-state index contributed by atoms with van der Waals surface area (Å²) >= 11 is 0. The Morgan fingerprint density at radius 2 is 1.88 bits per heavy atom. The molecule has 1 atom stereocenters. The smallest absolute Gasteiger partial charge is 0.358 e. The molecule has 4 rings (SSSR count). The number of aromatic nitrogens is 2. The molecule has 2 aliphatic rings. The first kappa shape index (κ1) is 23.6. The Morgan fingerprint density at radius 1 is 1.15 bits per heavy atom. The van der Waals surface area contributed by atoms with Gasteiger partial charge in [0.2, 0.25) is 5.91 Å². The van der Waals surface area contributed by atoms with E-state index in [1.54, 1.807) is 33.3 Å². The molecule has 1 aliphatic carbocycles. The van der Waals surface area contributed by atoms with Gasteiger partial charge in [0.25, 0.3) is 5.91 Å². The molecule has 1 aromatic carbocycles. The van der Waals surface area contributed by atoms with Gasteiger partial charge < -0.3 is 24.4 Å². The summed E-state index contributed by atoms with van der Waals surface area (Å²) in [4.78, 5) is 40.9. The number of amides is 2. The van der Waals surface area contributed by atoms with Crippen LogP contribution in [-0.2, 0) is 22.6 Å². The highest BCUT2D eigenvalue weighted by Crippen LogP contribution is 2.33. The molecule has 0 saturated heterocycles. The largest absolute Gasteiger partial charge is 0.497 e. The third-order valence-electron chi connectivity index (χ3n) is 6.69. The quantitative estimate of drug-likeness (QED) is 0.617. The molecule has 10 nitrogen and oxygen atoms in total. The van der Waals surface area contributed by atoms with Gasteiger partial charge in [-0.1, -0.05) is 12.8 Å². The van der Waals surface area contributed by atoms with E-state index in [0.717, 1.165) is 31.2 Å². The van der Waals surface area contributed by atoms with Crippen LogP contribution in [-0.4, -0.2) is 65.4 Å². The van der Waals surface area contributed by atoms with Crippen molar-refractivity contribution in [1.82, 2.24) is 20.0 Å². The molecule has 2 aromatic rings. The number of nitrogens with one attached hydrogen (secondary N) is 1. The van der Waals surface area contributed by atoms with Gasteiger partial charge in [-0.05, 0) is 31.9 Å². The van der Waals surface area contributed by atoms with Gasteiger partial charge in [-0.25, -0.2) is 4.79 Å². The normalized spacial score (nSPS) is 20.1. The standard InChI is InChI=1S/C24H30N4O6/c1-24(23(31)25-16-7-5-6-8-16)14-28-19(12-18(26-28)22(30)34-4)21(29)27(24)13-15-9-10-17(32-2)11-20(15)33-3/h9-12,16H,5-8,13-14H2,1-4H3,(H,25,31)/t24-/m1/s1. The minimum Gasteiger partial charge on any atom is -0.497 e. The van der Waals surface area contributed by atoms with E-state index in [-0.39, 0.29) is 36.4 Å². The van der Waals surface area contributed by atoms with Crippen LogP contribution in [0.4, 0.5) is 0 Å². The van der Waals surface area contributed by atoms with Crippen LogP contribution < -0.4 is 14.8 Å². The molecule has 1 saturated carbocycles. The monoisotopic (exact) mass is 470 g/mol. The van der Waals surface area contributed by atoms with Gasteiger partial charge in [-0.3, -0.25) is 14.3 Å². The fourth-order valence-electron chi connectivity index (χ4n) is 4.66. The zero-order chi connectivity index (χ0) is 24.5. The van der Waals surface area contributed by atoms with Crippen LogP contribution in [0.2, 0.25) is 0 Å². The number of benzene rings is 1. The van der Waals surface area contributed by atoms with Crippen molar-refractivity contribution in [2.24, 2.45) is 0 Å². The summed E-state index contributed by atoms with van der Waals surface area (Å²) in [5, 5.41) is 7.38. The van der Waals surface area contributed by atoms with Gasteiger partial charge in [-0.15, -0.1) is 0 Å². The lowest BCUT2D eigenvalue weighted by atomic mass is 9.93. The van der Waals surface area contributed by atoms with Crippen molar-refractivity contribution in [2.75, 3.05) is 21.3 Å². The topological polar surface area (TPSA) is 112 Å². The lowest BCUT2D eigenvalue weighted by molar-refractivity contribution is -0.134. The van der Waals surface area contributed by atoms with Gasteiger partial charge in [0.1, 0.15) is 22.7 Å². The third-order valence-corrected chi connectivity index (χ3v) is 6.69. The van der Waals surface area contributed by atoms with Crippen LogP contribution in [0.3, 0.4) is 0 Å². The number of nitrogens with zero attached hydrogens (tertiary/aromatic N) is 3. The van der Waals surface area contributed by atoms with E-state index in [9.17, 15) is 14.4 Å². The van der Waals surface area contributed by atoms with E-state index in [4.69, 9.17) is 14.2 Å². The Bertz CT molecular complexity index is 1110. The average Bonchev–Trinajstić information content (AvgIpc) is 3.51. The van der Waals surface area contributed by atoms with Gasteiger partial charge in [0, 0.05) is 23.7 Å². The number of fused-ring (bicyclic) bond motifs is 1. The minimum atomic E-state index is -1.24. The minimum absolute atomic E-state index is 0.0216. The predicted molar refractivity (Wildman–Crippen MR) is 122 cm³/mol. The van der Waals surface area contributed by atoms with Crippen molar-refractivity contribution in [1.29, 1.82) is 0 Å². The van der Waals surface area contributed by atoms with Crippen LogP contribution in [0.5, 0.6) is 11.5 Å². The second kappa shape index (κ2) is 9.36. The van der Waals surface area contributed by atoms with Gasteiger partial charge in [0.05, 0.1) is 34.4 Å². The second-order valence-corrected chi connectivity index (χ2v) is 8.86. The highest BCUT2D eigenvalue weighted by atomic mass is 16.5. The number of rotatable bonds is 7. The van der Waals surface area contributed by atoms with Crippen molar-refractivity contribution in [3.8, 4) is 11.5 Å². The fraction of sp³-hybridized carbons (Fsp3) is 0.500. The second-order valence-electron chi connectivity index (χ2n) is 8.86. The molecule has 0 spiro atoms. The summed E-state index contributed by atoms with van der Waals surface area (Å²) in [7, 11) is 4.36. The summed E-state index contributed by atoms with van der Waals surface area (Å²) in [6.45, 7) is 1.95. The number of hydrogen-bond donors (Lipinski definition) is 1. The molecule has 34 heavy (non-hydrogen) atoms. The number of esters is 1. The van der Waals surface area contributed by atoms with Crippen molar-refractivity contribution in [2.45, 2.75) is 57.3 Å². The summed E-state index contributed by atoms with van der Waals surface area (Å²) < 4.78 is 17.0. The van der Waals surface area contributed by atoms with Crippen molar-refractivity contribution < 1.29 is 28.6 Å². The van der Waals surface area contributed by atoms with Gasteiger partial charge in [0.15, 0.2) is 5.69 Å². The van der Waals surface area contributed by atoms with E-state index in [0.29, 0.717) is 11.5 Å². The Hall–Kier alpha value is -3.56. The molecule has 1 fully saturated rings. The molecule has 2 heterocycles. The van der Waals surface area contributed by atoms with Gasteiger partial charge >= 0.3 is 5.97 Å². The van der Waals surface area contributed by atoms with Gasteiger partial charge in [-0.2, -0.15) is 5.10 Å². The van der Waals surface area contributed by atoms with E-state index < -0.39 is 17.4 Å². The molecule has 0 bridgehead atoms. The Kier molecular flexibility index (Phi) is 6.49. The maximum Gasteiger partial charge on any atom is 0.358 e. The number of methoxy groups -OCH3 is 3. The van der Waals surface area contributed by atoms with E-state index >= 15 is 0 Å². The van der Waals surface area contributed by atoms with Crippen LogP contribution in [0.1, 0.15) is 59.1 Å². The first-order valence-corrected chi connectivity index (χ1v) is 11.3. The van der Waals surface area contributed by atoms with Crippen LogP contribution in [0, 0.1) is 0 Å². The van der Waals surface area contributed by atoms with E-state index in [1.165, 1.54) is 22.8 Å². The van der Waals surface area contributed by atoms with Crippen LogP contribution >= 0.6 is 0 Å². The highest BCUT2D eigenvalue weighted by Gasteiger charge is 2.49. The molecule has 10 heteroatoms. The predicted octanol–water partition coefficient (Wildman–Crippen LogP) is 2.16. The SMILES string of the molecule is COC(=O)c1cc2n(n1)C[C@](C)(C(=O)NC1CCCC1)N(Cc1ccc(OC)cc1OC)C2=O. The Morgan fingerprint density at radius 3 is 2.53 bits per heavy atom. The average molecular weight is 471 g/mol. The molecular weight excluding hydrogens is 440 g/mol. The highest BCUT2D eigenvalue weighted by molar-refractivity contribution is 6.01. The first-order valence-electron chi connectivity index (χ1n) is 11.3. The summed E-state index contributed by atoms with van der Waals surface area (Å²) in [5.74, 6) is -0.139. The number of carbonyl (C=O) groups is 3. The van der Waals surface area contributed by atoms with Crippen LogP contribution in [0.25, 0.3) is 0 Å². The number of hydrogen-bond acceptors (Lipinski definition) is 7. The maximum absolute atomic E-state index is 13.7. The van der Waals surface area contributed by atoms with Crippen molar-refractivity contribution in [3.63, 3.8) is 0 Å². The third kappa shape index (κ3) is 4.20. The first-order chi connectivity index (χ1) is 16.3. The Balaban J connectivity index is 1.73. The lowest BCUT2D eigenvalue weighted by Crippen LogP contribution is -2.64. The molecule has 1 aliphatic heterocycles. The molecule has 1 N–H and O–H groups in total. The molecular formula is C24H30N4O6. The summed E-state index contributed by atoms with van der Waals surface area (Å²) in [6, 6.07) is 6.81. The van der Waals surface area contributed by atoms with E-state index in [1.807, 2.05) is 6.07 Å². The molecule has 1 aromatic heterocycles. The lowest BCUT2D eigenvalue weighted by Gasteiger charge is -2.43. The maximum atomic E-state index is 13.7. The number of carbonyl (C=O) groups excluding carboxylic acids is 3. The Labute approximate surface area is 198 Å². The molecule has 2 amide bonds. The summed E-state index contributed by atoms with van der Waals surface area (Å²) in [5.41, 5.74) is -0.276. The van der Waals surface area contributed by atoms with Crippen molar-refractivity contribution >= 4 is 17.8 Å². The van der Waals surface area contributed by atoms with E-state index in [2.05, 4.69) is 10.4 Å². The molecule has 0 radical (unpaired) electrons. The van der Waals surface area contributed by atoms with Crippen LogP contribution in [0.15, 0.2) is 24.3 Å². The fourth-order valence-corrected chi connectivity index (χ4v) is 4.66. The zero-order valence-electron chi connectivity index (χ0n) is 19.9. The summed E-state index contributed by atoms with van der Waals surface area (Å²) in [6.07, 6.45) is 3.97. The number of ether oxygens (including phenoxy) is 3. The zero-order valence-corrected chi connectivity index (χ0v) is 19.9. The molecule has 0 unspecified atom stereocenters. The molecule has 182 valence electrons.